The second-order valence-corrected chi connectivity index (χ2v) is 5.28. The van der Waals surface area contributed by atoms with Crippen molar-refractivity contribution in [3.05, 3.63) is 12.7 Å². The van der Waals surface area contributed by atoms with Gasteiger partial charge < -0.3 is 0 Å². The van der Waals surface area contributed by atoms with Gasteiger partial charge in [0.05, 0.1) is 5.75 Å². The van der Waals surface area contributed by atoms with Crippen LogP contribution in [0.25, 0.3) is 0 Å². The first-order chi connectivity index (χ1) is 6.45. The standard InChI is InChI=1S/C7H14.C3H6O3S/c1-7-5-3-2-4-6-7;1-2-3-7(4,5)6/h7H,2-6H2,1H3;2H,1,3H2,(H,4,5,6). The molecule has 1 aliphatic carbocycles. The minimum Gasteiger partial charge on any atom is -0.285 e. The van der Waals surface area contributed by atoms with Crippen molar-refractivity contribution in [2.75, 3.05) is 5.75 Å². The Morgan fingerprint density at radius 2 is 1.86 bits per heavy atom. The highest BCUT2D eigenvalue weighted by atomic mass is 32.2. The van der Waals surface area contributed by atoms with Crippen LogP contribution in [-0.2, 0) is 10.1 Å². The number of rotatable bonds is 2. The summed E-state index contributed by atoms with van der Waals surface area (Å²) in [4.78, 5) is 0. The minimum atomic E-state index is -3.79. The molecular weight excluding hydrogens is 200 g/mol. The van der Waals surface area contributed by atoms with Gasteiger partial charge in [-0.05, 0) is 5.92 Å². The quantitative estimate of drug-likeness (QED) is 0.575. The molecule has 84 valence electrons. The van der Waals surface area contributed by atoms with Gasteiger partial charge >= 0.3 is 0 Å². The molecule has 0 aromatic carbocycles. The molecule has 1 rings (SSSR count). The molecular formula is C10H20O3S. The van der Waals surface area contributed by atoms with Gasteiger partial charge in [0.1, 0.15) is 0 Å². The Labute approximate surface area is 87.0 Å². The Morgan fingerprint density at radius 1 is 1.36 bits per heavy atom. The minimum absolute atomic E-state index is 0.368. The van der Waals surface area contributed by atoms with E-state index in [9.17, 15) is 8.42 Å². The van der Waals surface area contributed by atoms with E-state index in [0.29, 0.717) is 0 Å². The number of hydrogen-bond acceptors (Lipinski definition) is 2. The van der Waals surface area contributed by atoms with E-state index in [1.165, 1.54) is 32.1 Å². The molecule has 0 heterocycles. The average molecular weight is 220 g/mol. The van der Waals surface area contributed by atoms with E-state index in [-0.39, 0.29) is 5.75 Å². The second-order valence-electron chi connectivity index (χ2n) is 3.78. The molecule has 0 unspecified atom stereocenters. The highest BCUT2D eigenvalue weighted by molar-refractivity contribution is 7.85. The lowest BCUT2D eigenvalue weighted by atomic mass is 9.91. The molecule has 1 fully saturated rings. The van der Waals surface area contributed by atoms with Crippen LogP contribution >= 0.6 is 0 Å². The lowest BCUT2D eigenvalue weighted by Crippen LogP contribution is -1.99. The highest BCUT2D eigenvalue weighted by Gasteiger charge is 2.05. The Bertz CT molecular complexity index is 238. The van der Waals surface area contributed by atoms with Gasteiger partial charge in [-0.3, -0.25) is 4.55 Å². The van der Waals surface area contributed by atoms with Gasteiger partial charge in [0.25, 0.3) is 10.1 Å². The lowest BCUT2D eigenvalue weighted by molar-refractivity contribution is 0.385. The van der Waals surface area contributed by atoms with Gasteiger partial charge in [-0.1, -0.05) is 45.1 Å². The third-order valence-corrected chi connectivity index (χ3v) is 2.88. The van der Waals surface area contributed by atoms with Crippen molar-refractivity contribution >= 4 is 10.1 Å². The molecule has 0 aliphatic heterocycles. The summed E-state index contributed by atoms with van der Waals surface area (Å²) in [7, 11) is -3.79. The van der Waals surface area contributed by atoms with E-state index < -0.39 is 10.1 Å². The summed E-state index contributed by atoms with van der Waals surface area (Å²) in [6.07, 6.45) is 8.56. The fourth-order valence-electron chi connectivity index (χ4n) is 1.46. The predicted molar refractivity (Wildman–Crippen MR) is 58.9 cm³/mol. The summed E-state index contributed by atoms with van der Waals surface area (Å²) >= 11 is 0. The fourth-order valence-corrected chi connectivity index (χ4v) is 1.75. The molecule has 0 bridgehead atoms. The zero-order valence-corrected chi connectivity index (χ0v) is 9.59. The maximum Gasteiger partial charge on any atom is 0.268 e. The zero-order chi connectivity index (χ0) is 11.0. The molecule has 0 aromatic rings. The molecule has 0 saturated heterocycles. The average Bonchev–Trinajstić information content (AvgIpc) is 2.04. The van der Waals surface area contributed by atoms with Crippen LogP contribution in [0.1, 0.15) is 39.0 Å². The van der Waals surface area contributed by atoms with Gasteiger partial charge in [0, 0.05) is 0 Å². The third kappa shape index (κ3) is 9.74. The first kappa shape index (κ1) is 13.7. The molecule has 0 aromatic heterocycles. The van der Waals surface area contributed by atoms with E-state index in [0.717, 1.165) is 12.0 Å². The summed E-state index contributed by atoms with van der Waals surface area (Å²) < 4.78 is 27.3. The largest absolute Gasteiger partial charge is 0.285 e. The summed E-state index contributed by atoms with van der Waals surface area (Å²) in [5.74, 6) is 0.668. The van der Waals surface area contributed by atoms with Crippen LogP contribution in [0.4, 0.5) is 0 Å². The molecule has 0 amide bonds. The van der Waals surface area contributed by atoms with Crippen molar-refractivity contribution in [2.24, 2.45) is 5.92 Å². The zero-order valence-electron chi connectivity index (χ0n) is 8.78. The van der Waals surface area contributed by atoms with Crippen molar-refractivity contribution in [1.29, 1.82) is 0 Å². The first-order valence-electron chi connectivity index (χ1n) is 5.01. The Balaban J connectivity index is 0.000000241. The normalized spacial score (nSPS) is 18.1. The van der Waals surface area contributed by atoms with E-state index >= 15 is 0 Å². The van der Waals surface area contributed by atoms with Gasteiger partial charge in [0.15, 0.2) is 0 Å². The summed E-state index contributed by atoms with van der Waals surface area (Å²) in [6.45, 7) is 5.47. The monoisotopic (exact) mass is 220 g/mol. The maximum atomic E-state index is 9.72. The second kappa shape index (κ2) is 7.01. The molecule has 1 N–H and O–H groups in total. The maximum absolute atomic E-state index is 9.72. The van der Waals surface area contributed by atoms with Crippen molar-refractivity contribution in [1.82, 2.24) is 0 Å². The van der Waals surface area contributed by atoms with Crippen molar-refractivity contribution in [3.8, 4) is 0 Å². The molecule has 1 aliphatic rings. The molecule has 0 radical (unpaired) electrons. The molecule has 1 saturated carbocycles. The highest BCUT2D eigenvalue weighted by Crippen LogP contribution is 2.22. The van der Waals surface area contributed by atoms with Crippen LogP contribution in [0.2, 0.25) is 0 Å². The van der Waals surface area contributed by atoms with Crippen LogP contribution < -0.4 is 0 Å². The molecule has 4 heteroatoms. The Hall–Kier alpha value is -0.350. The van der Waals surface area contributed by atoms with Crippen molar-refractivity contribution in [2.45, 2.75) is 39.0 Å². The summed E-state index contributed by atoms with van der Waals surface area (Å²) in [5, 5.41) is 0. The van der Waals surface area contributed by atoms with Gasteiger partial charge in [-0.15, -0.1) is 6.58 Å². The molecule has 0 spiro atoms. The SMILES string of the molecule is C=CCS(=O)(=O)O.CC1CCCCC1. The van der Waals surface area contributed by atoms with Crippen LogP contribution in [0.5, 0.6) is 0 Å². The lowest BCUT2D eigenvalue weighted by Gasteiger charge is -2.15. The van der Waals surface area contributed by atoms with Gasteiger partial charge in [0.2, 0.25) is 0 Å². The van der Waals surface area contributed by atoms with E-state index in [1.54, 1.807) is 0 Å². The fraction of sp³-hybridized carbons (Fsp3) is 0.800. The summed E-state index contributed by atoms with van der Waals surface area (Å²) in [6, 6.07) is 0. The van der Waals surface area contributed by atoms with Crippen LogP contribution in [0, 0.1) is 5.92 Å². The predicted octanol–water partition coefficient (Wildman–Crippen LogP) is 2.65. The van der Waals surface area contributed by atoms with E-state index in [2.05, 4.69) is 13.5 Å². The van der Waals surface area contributed by atoms with Crippen LogP contribution in [0.15, 0.2) is 12.7 Å². The Morgan fingerprint density at radius 3 is 2.00 bits per heavy atom. The molecule has 3 nitrogen and oxygen atoms in total. The summed E-state index contributed by atoms with van der Waals surface area (Å²) in [5.41, 5.74) is 0. The van der Waals surface area contributed by atoms with E-state index in [4.69, 9.17) is 4.55 Å². The molecule has 14 heavy (non-hydrogen) atoms. The van der Waals surface area contributed by atoms with E-state index in [1.807, 2.05) is 0 Å². The first-order valence-corrected chi connectivity index (χ1v) is 6.62. The Kier molecular flexibility index (Phi) is 6.83. The smallest absolute Gasteiger partial charge is 0.268 e. The van der Waals surface area contributed by atoms with Crippen molar-refractivity contribution in [3.63, 3.8) is 0 Å². The number of hydrogen-bond donors (Lipinski definition) is 1. The van der Waals surface area contributed by atoms with Crippen LogP contribution in [0.3, 0.4) is 0 Å². The van der Waals surface area contributed by atoms with Gasteiger partial charge in [-0.25, -0.2) is 0 Å². The van der Waals surface area contributed by atoms with Crippen LogP contribution in [-0.4, -0.2) is 18.7 Å². The van der Waals surface area contributed by atoms with Gasteiger partial charge in [-0.2, -0.15) is 8.42 Å². The third-order valence-electron chi connectivity index (χ3n) is 2.22. The van der Waals surface area contributed by atoms with Crippen molar-refractivity contribution < 1.29 is 13.0 Å². The topological polar surface area (TPSA) is 54.4 Å². The molecule has 0 atom stereocenters.